The normalized spacial score (nSPS) is 9.56. The highest BCUT2D eigenvalue weighted by Gasteiger charge is 2.01. The van der Waals surface area contributed by atoms with Gasteiger partial charge in [-0.2, -0.15) is 0 Å². The number of carbonyl (C=O) groups excluding carboxylic acids is 1. The highest BCUT2D eigenvalue weighted by Crippen LogP contribution is 2.18. The summed E-state index contributed by atoms with van der Waals surface area (Å²) in [6.07, 6.45) is 6.03. The molecule has 0 aliphatic heterocycles. The Morgan fingerprint density at radius 2 is 2.25 bits per heavy atom. The third kappa shape index (κ3) is 4.50. The zero-order valence-corrected chi connectivity index (χ0v) is 10.4. The lowest BCUT2D eigenvalue weighted by Gasteiger charge is -1.98. The summed E-state index contributed by atoms with van der Waals surface area (Å²) in [6.45, 7) is 2.20. The van der Waals surface area contributed by atoms with Crippen LogP contribution < -0.4 is 5.73 Å². The molecule has 0 saturated carbocycles. The second kappa shape index (κ2) is 7.08. The SMILES string of the molecule is CCCCCCc1ccsc1C#CC(N)=O. The molecule has 2 nitrogen and oxygen atoms in total. The van der Waals surface area contributed by atoms with Crippen molar-refractivity contribution in [3.8, 4) is 11.8 Å². The van der Waals surface area contributed by atoms with Crippen molar-refractivity contribution >= 4 is 17.2 Å². The minimum Gasteiger partial charge on any atom is -0.359 e. The molecule has 0 aromatic carbocycles. The lowest BCUT2D eigenvalue weighted by Crippen LogP contribution is -2.06. The molecule has 0 unspecified atom stereocenters. The summed E-state index contributed by atoms with van der Waals surface area (Å²) in [5.41, 5.74) is 6.24. The Kier molecular flexibility index (Phi) is 5.66. The Balaban J connectivity index is 2.51. The summed E-state index contributed by atoms with van der Waals surface area (Å²) in [5.74, 6) is 4.65. The number of hydrogen-bond donors (Lipinski definition) is 1. The molecule has 0 spiro atoms. The molecule has 86 valence electrons. The van der Waals surface area contributed by atoms with Gasteiger partial charge in [-0.15, -0.1) is 11.3 Å². The number of aryl methyl sites for hydroxylation is 1. The van der Waals surface area contributed by atoms with Gasteiger partial charge < -0.3 is 5.73 Å². The molecule has 3 heteroatoms. The molecule has 0 fully saturated rings. The second-order valence-electron chi connectivity index (χ2n) is 3.70. The average Bonchev–Trinajstić information content (AvgIpc) is 2.69. The lowest BCUT2D eigenvalue weighted by atomic mass is 10.1. The van der Waals surface area contributed by atoms with Crippen LogP contribution in [0.25, 0.3) is 0 Å². The van der Waals surface area contributed by atoms with E-state index in [4.69, 9.17) is 5.73 Å². The summed E-state index contributed by atoms with van der Waals surface area (Å²) in [7, 11) is 0. The summed E-state index contributed by atoms with van der Waals surface area (Å²) in [4.78, 5) is 11.5. The topological polar surface area (TPSA) is 43.1 Å². The fourth-order valence-electron chi connectivity index (χ4n) is 1.50. The highest BCUT2D eigenvalue weighted by atomic mass is 32.1. The van der Waals surface area contributed by atoms with E-state index in [2.05, 4.69) is 24.8 Å². The van der Waals surface area contributed by atoms with Crippen LogP contribution in [0.15, 0.2) is 11.4 Å². The van der Waals surface area contributed by atoms with Crippen LogP contribution in [-0.2, 0) is 11.2 Å². The fourth-order valence-corrected chi connectivity index (χ4v) is 2.30. The van der Waals surface area contributed by atoms with Gasteiger partial charge in [0.25, 0.3) is 5.91 Å². The number of carbonyl (C=O) groups is 1. The van der Waals surface area contributed by atoms with Crippen LogP contribution in [0.4, 0.5) is 0 Å². The van der Waals surface area contributed by atoms with Gasteiger partial charge >= 0.3 is 0 Å². The van der Waals surface area contributed by atoms with Gasteiger partial charge in [0.2, 0.25) is 0 Å². The molecule has 1 rings (SSSR count). The zero-order valence-electron chi connectivity index (χ0n) is 9.58. The second-order valence-corrected chi connectivity index (χ2v) is 4.62. The maximum absolute atomic E-state index is 10.6. The molecular formula is C13H17NOS. The van der Waals surface area contributed by atoms with Crippen molar-refractivity contribution in [3.63, 3.8) is 0 Å². The Bertz CT molecular complexity index is 398. The first kappa shape index (κ1) is 12.8. The maximum Gasteiger partial charge on any atom is 0.293 e. The van der Waals surface area contributed by atoms with E-state index >= 15 is 0 Å². The van der Waals surface area contributed by atoms with Crippen molar-refractivity contribution in [3.05, 3.63) is 21.9 Å². The maximum atomic E-state index is 10.6. The number of unbranched alkanes of at least 4 members (excludes halogenated alkanes) is 3. The van der Waals surface area contributed by atoms with Gasteiger partial charge in [-0.05, 0) is 35.8 Å². The third-order valence-corrected chi connectivity index (χ3v) is 3.22. The van der Waals surface area contributed by atoms with E-state index in [0.29, 0.717) is 0 Å². The molecule has 0 bridgehead atoms. The summed E-state index contributed by atoms with van der Waals surface area (Å²) in [6, 6.07) is 2.08. The quantitative estimate of drug-likeness (QED) is 0.619. The zero-order chi connectivity index (χ0) is 11.8. The van der Waals surface area contributed by atoms with E-state index in [1.807, 2.05) is 5.38 Å². The Morgan fingerprint density at radius 3 is 2.94 bits per heavy atom. The largest absolute Gasteiger partial charge is 0.359 e. The summed E-state index contributed by atoms with van der Waals surface area (Å²) < 4.78 is 0. The van der Waals surface area contributed by atoms with Crippen molar-refractivity contribution in [2.45, 2.75) is 39.0 Å². The van der Waals surface area contributed by atoms with E-state index in [1.165, 1.54) is 31.2 Å². The molecule has 0 aliphatic rings. The van der Waals surface area contributed by atoms with E-state index in [0.717, 1.165) is 11.3 Å². The van der Waals surface area contributed by atoms with Crippen LogP contribution in [0.1, 0.15) is 43.0 Å². The lowest BCUT2D eigenvalue weighted by molar-refractivity contribution is -0.112. The molecule has 0 atom stereocenters. The van der Waals surface area contributed by atoms with Gasteiger partial charge in [-0.1, -0.05) is 26.2 Å². The number of hydrogen-bond acceptors (Lipinski definition) is 2. The Morgan fingerprint density at radius 1 is 1.44 bits per heavy atom. The van der Waals surface area contributed by atoms with E-state index in [9.17, 15) is 4.79 Å². The van der Waals surface area contributed by atoms with Crippen LogP contribution in [0, 0.1) is 11.8 Å². The van der Waals surface area contributed by atoms with Crippen LogP contribution in [0.3, 0.4) is 0 Å². The first-order valence-corrected chi connectivity index (χ1v) is 6.49. The molecule has 16 heavy (non-hydrogen) atoms. The van der Waals surface area contributed by atoms with Gasteiger partial charge in [-0.3, -0.25) is 4.79 Å². The Hall–Kier alpha value is -1.27. The molecule has 1 aromatic heterocycles. The van der Waals surface area contributed by atoms with Crippen LogP contribution in [0.5, 0.6) is 0 Å². The molecule has 0 aliphatic carbocycles. The standard InChI is InChI=1S/C13H17NOS/c1-2-3-4-5-6-11-9-10-16-12(11)7-8-13(14)15/h9-10H,2-6H2,1H3,(H2,14,15). The third-order valence-electron chi connectivity index (χ3n) is 2.35. The molecule has 1 aromatic rings. The summed E-state index contributed by atoms with van der Waals surface area (Å²) in [5, 5.41) is 2.01. The van der Waals surface area contributed by atoms with Crippen LogP contribution in [-0.4, -0.2) is 5.91 Å². The van der Waals surface area contributed by atoms with Crippen molar-refractivity contribution in [2.24, 2.45) is 5.73 Å². The average molecular weight is 235 g/mol. The van der Waals surface area contributed by atoms with E-state index < -0.39 is 5.91 Å². The number of primary amides is 1. The van der Waals surface area contributed by atoms with E-state index in [1.54, 1.807) is 11.3 Å². The van der Waals surface area contributed by atoms with Gasteiger partial charge in [-0.25, -0.2) is 0 Å². The molecular weight excluding hydrogens is 218 g/mol. The van der Waals surface area contributed by atoms with Crippen molar-refractivity contribution < 1.29 is 4.79 Å². The minimum absolute atomic E-state index is 0.565. The van der Waals surface area contributed by atoms with Gasteiger partial charge in [0.05, 0.1) is 4.88 Å². The number of rotatable bonds is 5. The molecule has 1 amide bonds. The Labute approximate surface area is 101 Å². The van der Waals surface area contributed by atoms with Gasteiger partial charge in [0, 0.05) is 5.92 Å². The number of amides is 1. The predicted octanol–water partition coefficient (Wildman–Crippen LogP) is 2.71. The molecule has 0 radical (unpaired) electrons. The molecule has 2 N–H and O–H groups in total. The van der Waals surface area contributed by atoms with Gasteiger partial charge in [0.15, 0.2) is 0 Å². The molecule has 0 saturated heterocycles. The van der Waals surface area contributed by atoms with Crippen LogP contribution in [0.2, 0.25) is 0 Å². The monoisotopic (exact) mass is 235 g/mol. The number of thiophene rings is 1. The van der Waals surface area contributed by atoms with Crippen molar-refractivity contribution in [1.29, 1.82) is 0 Å². The fraction of sp³-hybridized carbons (Fsp3) is 0.462. The van der Waals surface area contributed by atoms with Crippen LogP contribution >= 0.6 is 11.3 Å². The smallest absolute Gasteiger partial charge is 0.293 e. The molecule has 1 heterocycles. The van der Waals surface area contributed by atoms with E-state index in [-0.39, 0.29) is 0 Å². The highest BCUT2D eigenvalue weighted by molar-refractivity contribution is 7.10. The first-order chi connectivity index (χ1) is 7.74. The predicted molar refractivity (Wildman–Crippen MR) is 68.2 cm³/mol. The number of nitrogens with two attached hydrogens (primary N) is 1. The first-order valence-electron chi connectivity index (χ1n) is 5.62. The van der Waals surface area contributed by atoms with Gasteiger partial charge in [0.1, 0.15) is 0 Å². The van der Waals surface area contributed by atoms with Crippen molar-refractivity contribution in [2.75, 3.05) is 0 Å². The minimum atomic E-state index is -0.565. The van der Waals surface area contributed by atoms with Crippen molar-refractivity contribution in [1.82, 2.24) is 0 Å². The summed E-state index contributed by atoms with van der Waals surface area (Å²) >= 11 is 1.57.